The minimum Gasteiger partial charge on any atom is -0.460 e. The second kappa shape index (κ2) is 23.3. The number of fused-ring (bicyclic) bond motifs is 3. The summed E-state index contributed by atoms with van der Waals surface area (Å²) in [6.07, 6.45) is -0.681. The monoisotopic (exact) mass is 861 g/mol. The van der Waals surface area contributed by atoms with Gasteiger partial charge in [0.25, 0.3) is 0 Å². The molecule has 3 N–H and O–H groups in total. The highest BCUT2D eigenvalue weighted by Gasteiger charge is 2.32. The van der Waals surface area contributed by atoms with Crippen LogP contribution in [0.5, 0.6) is 0 Å². The smallest absolute Gasteiger partial charge is 0.408 e. The minimum absolute atomic E-state index is 0.000441. The van der Waals surface area contributed by atoms with Crippen LogP contribution in [-0.4, -0.2) is 72.9 Å². The number of ether oxygens (including phenoxy) is 5. The lowest BCUT2D eigenvalue weighted by Crippen LogP contribution is -2.46. The molecule has 1 aliphatic carbocycles. The highest BCUT2D eigenvalue weighted by Crippen LogP contribution is 2.44. The number of hydrogen-bond donors (Lipinski definition) is 3. The summed E-state index contributed by atoms with van der Waals surface area (Å²) in [5.74, 6) is -3.11. The summed E-state index contributed by atoms with van der Waals surface area (Å²) in [5, 5.41) is 7.81. The Balaban J connectivity index is 1.22. The van der Waals surface area contributed by atoms with E-state index in [1.54, 1.807) is 69.3 Å². The standard InChI is InChI=1S/C49H55N3O11/c1-5-29-59-44(54)42(51-47(57)62-32-39-37-23-14-12-21-35(37)36-22-13-15-24-38(36)39)27-28-43(53)50-40(45(55)60-30-33-17-8-6-9-18-33)25-16-26-41(52-48(58)63-49(2,3)4)46(56)61-31-34-19-10-7-11-20-34/h5-15,17-24,39-42H,1,16,25-32H2,2-4H3,(H,50,53)(H,51,57)(H,52,58)/t40?,41?,42-/m1/s1. The predicted octanol–water partition coefficient (Wildman–Crippen LogP) is 7.44. The number of carbonyl (C=O) groups is 6. The molecule has 3 amide bonds. The molecule has 0 radical (unpaired) electrons. The normalized spacial score (nSPS) is 13.1. The molecule has 63 heavy (non-hydrogen) atoms. The first-order valence-electron chi connectivity index (χ1n) is 20.9. The van der Waals surface area contributed by atoms with Crippen molar-refractivity contribution in [2.24, 2.45) is 0 Å². The molecule has 5 rings (SSSR count). The summed E-state index contributed by atoms with van der Waals surface area (Å²) in [4.78, 5) is 79.4. The number of alkyl carbamates (subject to hydrolysis) is 2. The van der Waals surface area contributed by atoms with Crippen LogP contribution in [0, 0.1) is 0 Å². The van der Waals surface area contributed by atoms with Gasteiger partial charge in [0.05, 0.1) is 0 Å². The average Bonchev–Trinajstić information content (AvgIpc) is 3.59. The summed E-state index contributed by atoms with van der Waals surface area (Å²) in [7, 11) is 0. The van der Waals surface area contributed by atoms with Gasteiger partial charge in [-0.3, -0.25) is 4.79 Å². The van der Waals surface area contributed by atoms with Crippen molar-refractivity contribution >= 4 is 36.0 Å². The van der Waals surface area contributed by atoms with Gasteiger partial charge >= 0.3 is 30.1 Å². The number of esters is 3. The molecule has 2 unspecified atom stereocenters. The number of hydrogen-bond acceptors (Lipinski definition) is 11. The largest absolute Gasteiger partial charge is 0.460 e. The predicted molar refractivity (Wildman–Crippen MR) is 234 cm³/mol. The summed E-state index contributed by atoms with van der Waals surface area (Å²) in [5.41, 5.74) is 4.77. The molecular formula is C49H55N3O11. The molecule has 4 aromatic carbocycles. The number of carbonyl (C=O) groups excluding carboxylic acids is 6. The minimum atomic E-state index is -1.28. The first-order chi connectivity index (χ1) is 30.3. The van der Waals surface area contributed by atoms with Gasteiger partial charge in [-0.05, 0) is 79.8 Å². The average molecular weight is 862 g/mol. The summed E-state index contributed by atoms with van der Waals surface area (Å²) < 4.78 is 27.4. The van der Waals surface area contributed by atoms with Crippen LogP contribution < -0.4 is 16.0 Å². The fourth-order valence-electron chi connectivity index (χ4n) is 6.95. The molecule has 14 nitrogen and oxygen atoms in total. The van der Waals surface area contributed by atoms with Gasteiger partial charge in [-0.15, -0.1) is 0 Å². The topological polar surface area (TPSA) is 185 Å². The fraction of sp³-hybridized carbons (Fsp3) is 0.347. The quantitative estimate of drug-likeness (QED) is 0.0430. The van der Waals surface area contributed by atoms with E-state index in [-0.39, 0.29) is 64.4 Å². The second-order valence-corrected chi connectivity index (χ2v) is 15.9. The molecule has 1 aliphatic rings. The van der Waals surface area contributed by atoms with Crippen LogP contribution in [-0.2, 0) is 56.1 Å². The van der Waals surface area contributed by atoms with E-state index in [1.165, 1.54) is 6.08 Å². The van der Waals surface area contributed by atoms with E-state index in [2.05, 4.69) is 22.5 Å². The zero-order chi connectivity index (χ0) is 45.2. The van der Waals surface area contributed by atoms with E-state index in [0.717, 1.165) is 33.4 Å². The molecule has 3 atom stereocenters. The van der Waals surface area contributed by atoms with Crippen LogP contribution >= 0.6 is 0 Å². The van der Waals surface area contributed by atoms with E-state index in [1.807, 2.05) is 60.7 Å². The Labute approximate surface area is 367 Å². The van der Waals surface area contributed by atoms with E-state index in [0.29, 0.717) is 0 Å². The lowest BCUT2D eigenvalue weighted by molar-refractivity contribution is -0.150. The van der Waals surface area contributed by atoms with E-state index < -0.39 is 59.7 Å². The van der Waals surface area contributed by atoms with Crippen LogP contribution in [0.15, 0.2) is 122 Å². The number of nitrogens with one attached hydrogen (secondary N) is 3. The van der Waals surface area contributed by atoms with Gasteiger partial charge in [-0.1, -0.05) is 122 Å². The van der Waals surface area contributed by atoms with Crippen molar-refractivity contribution in [1.29, 1.82) is 0 Å². The molecule has 0 saturated carbocycles. The number of amides is 3. The maximum absolute atomic E-state index is 13.5. The SMILES string of the molecule is C=CCOC(=O)[C@@H](CCC(=O)NC(CCCC(NC(=O)OC(C)(C)C)C(=O)OCc1ccccc1)C(=O)OCc1ccccc1)NC(=O)OCC1c2ccccc2-c2ccccc21. The highest BCUT2D eigenvalue weighted by molar-refractivity contribution is 5.86. The summed E-state index contributed by atoms with van der Waals surface area (Å²) >= 11 is 0. The molecule has 14 heteroatoms. The number of benzene rings is 4. The Morgan fingerprint density at radius 3 is 1.57 bits per heavy atom. The van der Waals surface area contributed by atoms with Crippen LogP contribution in [0.1, 0.15) is 81.0 Å². The van der Waals surface area contributed by atoms with Crippen molar-refractivity contribution in [2.75, 3.05) is 13.2 Å². The Morgan fingerprint density at radius 1 is 0.587 bits per heavy atom. The third kappa shape index (κ3) is 14.9. The van der Waals surface area contributed by atoms with Crippen LogP contribution in [0.4, 0.5) is 9.59 Å². The van der Waals surface area contributed by atoms with Crippen LogP contribution in [0.25, 0.3) is 11.1 Å². The van der Waals surface area contributed by atoms with Crippen LogP contribution in [0.2, 0.25) is 0 Å². The Bertz CT molecular complexity index is 2140. The third-order valence-electron chi connectivity index (χ3n) is 9.95. The first kappa shape index (κ1) is 47.1. The molecule has 0 fully saturated rings. The van der Waals surface area contributed by atoms with Gasteiger partial charge in [0, 0.05) is 12.3 Å². The van der Waals surface area contributed by atoms with Crippen molar-refractivity contribution < 1.29 is 52.5 Å². The van der Waals surface area contributed by atoms with Gasteiger partial charge in [-0.25, -0.2) is 24.0 Å². The second-order valence-electron chi connectivity index (χ2n) is 15.9. The Morgan fingerprint density at radius 2 is 1.05 bits per heavy atom. The fourth-order valence-corrected chi connectivity index (χ4v) is 6.95. The zero-order valence-corrected chi connectivity index (χ0v) is 35.8. The van der Waals surface area contributed by atoms with Crippen molar-refractivity contribution in [3.05, 3.63) is 144 Å². The Hall–Kier alpha value is -6.96. The number of rotatable bonds is 21. The third-order valence-corrected chi connectivity index (χ3v) is 9.95. The van der Waals surface area contributed by atoms with Gasteiger partial charge in [0.2, 0.25) is 5.91 Å². The van der Waals surface area contributed by atoms with Gasteiger partial charge in [0.1, 0.15) is 50.2 Å². The molecule has 4 aromatic rings. The summed E-state index contributed by atoms with van der Waals surface area (Å²) in [6, 6.07) is 30.1. The molecule has 0 bridgehead atoms. The molecule has 0 heterocycles. The van der Waals surface area contributed by atoms with Crippen molar-refractivity contribution in [1.82, 2.24) is 16.0 Å². The lowest BCUT2D eigenvalue weighted by atomic mass is 9.98. The molecule has 0 aliphatic heterocycles. The molecule has 0 saturated heterocycles. The zero-order valence-electron chi connectivity index (χ0n) is 35.8. The van der Waals surface area contributed by atoms with Gasteiger partial charge in [-0.2, -0.15) is 0 Å². The van der Waals surface area contributed by atoms with E-state index in [9.17, 15) is 28.8 Å². The maximum atomic E-state index is 13.5. The summed E-state index contributed by atoms with van der Waals surface area (Å²) in [6.45, 7) is 8.40. The molecule has 0 spiro atoms. The van der Waals surface area contributed by atoms with Crippen molar-refractivity contribution in [2.45, 2.75) is 95.7 Å². The highest BCUT2D eigenvalue weighted by atomic mass is 16.6. The van der Waals surface area contributed by atoms with E-state index >= 15 is 0 Å². The van der Waals surface area contributed by atoms with Crippen molar-refractivity contribution in [3.8, 4) is 11.1 Å². The first-order valence-corrected chi connectivity index (χ1v) is 20.9. The molecular weight excluding hydrogens is 807 g/mol. The van der Waals surface area contributed by atoms with Gasteiger partial charge < -0.3 is 39.6 Å². The van der Waals surface area contributed by atoms with Gasteiger partial charge in [0.15, 0.2) is 0 Å². The lowest BCUT2D eigenvalue weighted by Gasteiger charge is -2.24. The molecule has 0 aromatic heterocycles. The van der Waals surface area contributed by atoms with Crippen molar-refractivity contribution in [3.63, 3.8) is 0 Å². The Kier molecular flexibility index (Phi) is 17.4. The molecule has 332 valence electrons. The van der Waals surface area contributed by atoms with Crippen LogP contribution in [0.3, 0.4) is 0 Å². The van der Waals surface area contributed by atoms with E-state index in [4.69, 9.17) is 23.7 Å². The maximum Gasteiger partial charge on any atom is 0.408 e.